The van der Waals surface area contributed by atoms with Gasteiger partial charge in [0.15, 0.2) is 0 Å². The summed E-state index contributed by atoms with van der Waals surface area (Å²) in [5, 5.41) is 9.75. The van der Waals surface area contributed by atoms with Crippen molar-refractivity contribution in [2.75, 3.05) is 18.0 Å². The van der Waals surface area contributed by atoms with Gasteiger partial charge in [-0.15, -0.1) is 0 Å². The van der Waals surface area contributed by atoms with E-state index in [1.165, 1.54) is 12.8 Å². The van der Waals surface area contributed by atoms with Crippen molar-refractivity contribution in [3.8, 4) is 0 Å². The number of piperidine rings is 1. The molecule has 2 heterocycles. The fraction of sp³-hybridized carbons (Fsp3) is 0.615. The standard InChI is InChI=1S/C13H19ClN2O/c1-13(2)4-3-5-16(9-13)12-6-10(8-17)11(14)7-15-12/h6-7,17H,3-5,8-9H2,1-2H3. The summed E-state index contributed by atoms with van der Waals surface area (Å²) >= 11 is 5.95. The minimum absolute atomic E-state index is 0.0361. The smallest absolute Gasteiger partial charge is 0.128 e. The lowest BCUT2D eigenvalue weighted by molar-refractivity contribution is 0.281. The van der Waals surface area contributed by atoms with Crippen molar-refractivity contribution in [3.05, 3.63) is 22.8 Å². The largest absolute Gasteiger partial charge is 0.392 e. The molecule has 0 amide bonds. The summed E-state index contributed by atoms with van der Waals surface area (Å²) in [7, 11) is 0. The Morgan fingerprint density at radius 2 is 2.29 bits per heavy atom. The molecule has 0 aliphatic carbocycles. The molecule has 94 valence electrons. The summed E-state index contributed by atoms with van der Waals surface area (Å²) in [5.74, 6) is 0.922. The van der Waals surface area contributed by atoms with E-state index in [-0.39, 0.29) is 6.61 Å². The minimum Gasteiger partial charge on any atom is -0.392 e. The average Bonchev–Trinajstić information content (AvgIpc) is 2.28. The average molecular weight is 255 g/mol. The first-order chi connectivity index (χ1) is 8.02. The van der Waals surface area contributed by atoms with E-state index in [4.69, 9.17) is 11.6 Å². The monoisotopic (exact) mass is 254 g/mol. The Bertz CT molecular complexity index is 406. The van der Waals surface area contributed by atoms with Gasteiger partial charge in [0.05, 0.1) is 11.6 Å². The van der Waals surface area contributed by atoms with Gasteiger partial charge in [-0.2, -0.15) is 0 Å². The van der Waals surface area contributed by atoms with Crippen LogP contribution >= 0.6 is 11.6 Å². The molecule has 1 aliphatic rings. The number of pyridine rings is 1. The molecular weight excluding hydrogens is 236 g/mol. The van der Waals surface area contributed by atoms with Gasteiger partial charge >= 0.3 is 0 Å². The zero-order valence-corrected chi connectivity index (χ0v) is 11.2. The Hall–Kier alpha value is -0.800. The molecule has 0 spiro atoms. The highest BCUT2D eigenvalue weighted by molar-refractivity contribution is 6.31. The molecular formula is C13H19ClN2O. The Morgan fingerprint density at radius 3 is 2.94 bits per heavy atom. The molecule has 1 aliphatic heterocycles. The predicted octanol–water partition coefficient (Wildman–Crippen LogP) is 2.85. The Balaban J connectivity index is 2.22. The minimum atomic E-state index is -0.0361. The van der Waals surface area contributed by atoms with Crippen LogP contribution in [-0.4, -0.2) is 23.2 Å². The molecule has 0 unspecified atom stereocenters. The summed E-state index contributed by atoms with van der Waals surface area (Å²) in [6.07, 6.45) is 4.07. The van der Waals surface area contributed by atoms with Crippen LogP contribution in [0.25, 0.3) is 0 Å². The second kappa shape index (κ2) is 4.83. The van der Waals surface area contributed by atoms with Crippen LogP contribution in [0.15, 0.2) is 12.3 Å². The number of nitrogens with zero attached hydrogens (tertiary/aromatic N) is 2. The van der Waals surface area contributed by atoms with Crippen LogP contribution < -0.4 is 4.90 Å². The summed E-state index contributed by atoms with van der Waals surface area (Å²) in [6.45, 7) is 6.56. The van der Waals surface area contributed by atoms with Crippen molar-refractivity contribution >= 4 is 17.4 Å². The van der Waals surface area contributed by atoms with E-state index < -0.39 is 0 Å². The third-order valence-corrected chi connectivity index (χ3v) is 3.66. The van der Waals surface area contributed by atoms with E-state index in [1.54, 1.807) is 6.20 Å². The van der Waals surface area contributed by atoms with Gasteiger partial charge in [0.1, 0.15) is 5.82 Å². The molecule has 0 radical (unpaired) electrons. The second-order valence-electron chi connectivity index (χ2n) is 5.48. The van der Waals surface area contributed by atoms with E-state index in [0.29, 0.717) is 10.4 Å². The van der Waals surface area contributed by atoms with E-state index in [0.717, 1.165) is 24.5 Å². The van der Waals surface area contributed by atoms with E-state index >= 15 is 0 Å². The van der Waals surface area contributed by atoms with Gasteiger partial charge in [0.25, 0.3) is 0 Å². The Kier molecular flexibility index (Phi) is 3.59. The number of aromatic nitrogens is 1. The van der Waals surface area contributed by atoms with Gasteiger partial charge in [-0.3, -0.25) is 0 Å². The first kappa shape index (κ1) is 12.7. The van der Waals surface area contributed by atoms with Gasteiger partial charge in [0, 0.05) is 24.8 Å². The van der Waals surface area contributed by atoms with E-state index in [9.17, 15) is 5.11 Å². The summed E-state index contributed by atoms with van der Waals surface area (Å²) in [6, 6.07) is 1.89. The van der Waals surface area contributed by atoms with E-state index in [2.05, 4.69) is 23.7 Å². The maximum Gasteiger partial charge on any atom is 0.128 e. The first-order valence-corrected chi connectivity index (χ1v) is 6.40. The number of hydrogen-bond donors (Lipinski definition) is 1. The fourth-order valence-corrected chi connectivity index (χ4v) is 2.54. The van der Waals surface area contributed by atoms with Crippen LogP contribution in [0.5, 0.6) is 0 Å². The molecule has 1 saturated heterocycles. The van der Waals surface area contributed by atoms with E-state index in [1.807, 2.05) is 6.07 Å². The van der Waals surface area contributed by atoms with Gasteiger partial charge in [-0.05, 0) is 24.3 Å². The zero-order chi connectivity index (χ0) is 12.5. The number of rotatable bonds is 2. The lowest BCUT2D eigenvalue weighted by Gasteiger charge is -2.38. The van der Waals surface area contributed by atoms with Crippen molar-refractivity contribution in [3.63, 3.8) is 0 Å². The molecule has 1 fully saturated rings. The van der Waals surface area contributed by atoms with Crippen LogP contribution in [0.4, 0.5) is 5.82 Å². The number of halogens is 1. The fourth-order valence-electron chi connectivity index (χ4n) is 2.38. The number of hydrogen-bond acceptors (Lipinski definition) is 3. The van der Waals surface area contributed by atoms with Gasteiger partial charge in [-0.1, -0.05) is 25.4 Å². The summed E-state index contributed by atoms with van der Waals surface area (Å²) in [5.41, 5.74) is 1.08. The van der Waals surface area contributed by atoms with Crippen molar-refractivity contribution in [1.82, 2.24) is 4.98 Å². The maximum absolute atomic E-state index is 9.21. The van der Waals surface area contributed by atoms with Crippen LogP contribution in [0.3, 0.4) is 0 Å². The Labute approximate surface area is 107 Å². The quantitative estimate of drug-likeness (QED) is 0.882. The second-order valence-corrected chi connectivity index (χ2v) is 5.89. The molecule has 0 atom stereocenters. The highest BCUT2D eigenvalue weighted by Gasteiger charge is 2.27. The molecule has 4 heteroatoms. The molecule has 1 aromatic rings. The van der Waals surface area contributed by atoms with Crippen LogP contribution in [0.2, 0.25) is 5.02 Å². The predicted molar refractivity (Wildman–Crippen MR) is 70.4 cm³/mol. The van der Waals surface area contributed by atoms with Crippen LogP contribution in [0, 0.1) is 5.41 Å². The van der Waals surface area contributed by atoms with Crippen LogP contribution in [-0.2, 0) is 6.61 Å². The molecule has 0 bridgehead atoms. The third-order valence-electron chi connectivity index (χ3n) is 3.32. The Morgan fingerprint density at radius 1 is 1.53 bits per heavy atom. The van der Waals surface area contributed by atoms with Gasteiger partial charge in [-0.25, -0.2) is 4.98 Å². The number of anilines is 1. The topological polar surface area (TPSA) is 36.4 Å². The first-order valence-electron chi connectivity index (χ1n) is 6.02. The normalized spacial score (nSPS) is 19.4. The zero-order valence-electron chi connectivity index (χ0n) is 10.4. The number of aliphatic hydroxyl groups is 1. The van der Waals surface area contributed by atoms with Gasteiger partial charge in [0.2, 0.25) is 0 Å². The molecule has 0 saturated carbocycles. The van der Waals surface area contributed by atoms with Crippen LogP contribution in [0.1, 0.15) is 32.3 Å². The highest BCUT2D eigenvalue weighted by Crippen LogP contribution is 2.31. The van der Waals surface area contributed by atoms with Crippen molar-refractivity contribution in [2.45, 2.75) is 33.3 Å². The lowest BCUT2D eigenvalue weighted by atomic mass is 9.84. The molecule has 17 heavy (non-hydrogen) atoms. The summed E-state index contributed by atoms with van der Waals surface area (Å²) < 4.78 is 0. The molecule has 3 nitrogen and oxygen atoms in total. The number of aliphatic hydroxyl groups excluding tert-OH is 1. The summed E-state index contributed by atoms with van der Waals surface area (Å²) in [4.78, 5) is 6.64. The van der Waals surface area contributed by atoms with Crippen molar-refractivity contribution in [1.29, 1.82) is 0 Å². The lowest BCUT2D eigenvalue weighted by Crippen LogP contribution is -2.40. The van der Waals surface area contributed by atoms with Crippen molar-refractivity contribution < 1.29 is 5.11 Å². The molecule has 1 aromatic heterocycles. The third kappa shape index (κ3) is 2.90. The SMILES string of the molecule is CC1(C)CCCN(c2cc(CO)c(Cl)cn2)C1. The highest BCUT2D eigenvalue weighted by atomic mass is 35.5. The maximum atomic E-state index is 9.21. The van der Waals surface area contributed by atoms with Gasteiger partial charge < -0.3 is 10.0 Å². The molecule has 0 aromatic carbocycles. The molecule has 1 N–H and O–H groups in total. The van der Waals surface area contributed by atoms with Crippen molar-refractivity contribution in [2.24, 2.45) is 5.41 Å². The molecule has 2 rings (SSSR count).